The molecule has 0 bridgehead atoms. The van der Waals surface area contributed by atoms with E-state index < -0.39 is 11.5 Å². The Labute approximate surface area is 196 Å². The van der Waals surface area contributed by atoms with Gasteiger partial charge in [-0.25, -0.2) is 4.39 Å². The Morgan fingerprint density at radius 1 is 1.30 bits per heavy atom. The van der Waals surface area contributed by atoms with Crippen LogP contribution in [0.25, 0.3) is 0 Å². The summed E-state index contributed by atoms with van der Waals surface area (Å²) in [5.41, 5.74) is 1.38. The highest BCUT2D eigenvalue weighted by molar-refractivity contribution is 6.34. The van der Waals surface area contributed by atoms with Gasteiger partial charge < -0.3 is 20.3 Å². The summed E-state index contributed by atoms with van der Waals surface area (Å²) in [5.74, 6) is -0.285. The third kappa shape index (κ3) is 5.04. The monoisotopic (exact) mass is 470 g/mol. The van der Waals surface area contributed by atoms with Crippen molar-refractivity contribution in [3.05, 3.63) is 52.8 Å². The number of rotatable bonds is 4. The molecule has 2 heterocycles. The summed E-state index contributed by atoms with van der Waals surface area (Å²) in [7, 11) is 0. The predicted molar refractivity (Wildman–Crippen MR) is 123 cm³/mol. The van der Waals surface area contributed by atoms with Gasteiger partial charge in [-0.3, -0.25) is 9.59 Å². The van der Waals surface area contributed by atoms with Gasteiger partial charge in [0.25, 0.3) is 5.91 Å². The first-order valence-corrected chi connectivity index (χ1v) is 11.1. The second-order valence-corrected chi connectivity index (χ2v) is 8.92. The molecule has 0 aliphatic carbocycles. The van der Waals surface area contributed by atoms with Crippen molar-refractivity contribution >= 4 is 34.8 Å². The predicted octanol–water partition coefficient (Wildman–Crippen LogP) is 3.99. The van der Waals surface area contributed by atoms with E-state index in [0.29, 0.717) is 54.5 Å². The zero-order valence-corrected chi connectivity index (χ0v) is 18.9. The lowest BCUT2D eigenvalue weighted by Crippen LogP contribution is -2.51. The van der Waals surface area contributed by atoms with Gasteiger partial charge in [-0.1, -0.05) is 23.7 Å². The Hall–Kier alpha value is -3.31. The molecule has 1 atom stereocenters. The first-order chi connectivity index (χ1) is 15.8. The van der Waals surface area contributed by atoms with Crippen LogP contribution in [0.2, 0.25) is 5.02 Å². The Morgan fingerprint density at radius 2 is 2.00 bits per heavy atom. The first kappa shape index (κ1) is 22.9. The number of hydrogen-bond donors (Lipinski definition) is 2. The molecule has 0 saturated carbocycles. The number of nitriles is 1. The molecule has 2 aliphatic rings. The van der Waals surface area contributed by atoms with Crippen LogP contribution in [0.4, 0.5) is 15.8 Å². The Bertz CT molecular complexity index is 1110. The lowest BCUT2D eigenvalue weighted by Gasteiger charge is -2.39. The van der Waals surface area contributed by atoms with Crippen molar-refractivity contribution in [1.82, 2.24) is 4.90 Å². The van der Waals surface area contributed by atoms with Crippen molar-refractivity contribution in [2.45, 2.75) is 32.3 Å². The number of anilines is 2. The van der Waals surface area contributed by atoms with Crippen LogP contribution in [0, 0.1) is 22.6 Å². The highest BCUT2D eigenvalue weighted by atomic mass is 35.5. The standard InChI is InChI=1S/C24H24ClFN4O3/c1-15(31)29-19-11-21-20(10-18(19)25)28-13-22(33-21)23(32)30-8-6-24(14-27,7-9-30)12-16-2-4-17(26)5-3-16/h2-5,10-11,22,28H,6-9,12-13H2,1H3,(H,29,31). The lowest BCUT2D eigenvalue weighted by atomic mass is 9.75. The third-order valence-corrected chi connectivity index (χ3v) is 6.44. The molecule has 0 aromatic heterocycles. The molecule has 2 aromatic carbocycles. The van der Waals surface area contributed by atoms with E-state index in [9.17, 15) is 19.2 Å². The summed E-state index contributed by atoms with van der Waals surface area (Å²) in [6, 6.07) is 11.9. The largest absolute Gasteiger partial charge is 0.476 e. The zero-order valence-electron chi connectivity index (χ0n) is 18.2. The van der Waals surface area contributed by atoms with Crippen LogP contribution in [0.1, 0.15) is 25.3 Å². The molecule has 2 aliphatic heterocycles. The zero-order chi connectivity index (χ0) is 23.6. The number of nitrogens with zero attached hydrogens (tertiary/aromatic N) is 2. The summed E-state index contributed by atoms with van der Waals surface area (Å²) in [6.07, 6.45) is 0.862. The van der Waals surface area contributed by atoms with E-state index >= 15 is 0 Å². The van der Waals surface area contributed by atoms with Gasteiger partial charge in [0.2, 0.25) is 5.91 Å². The van der Waals surface area contributed by atoms with Crippen molar-refractivity contribution < 1.29 is 18.7 Å². The van der Waals surface area contributed by atoms with Gasteiger partial charge in [-0.15, -0.1) is 0 Å². The fourth-order valence-electron chi connectivity index (χ4n) is 4.29. The van der Waals surface area contributed by atoms with Crippen molar-refractivity contribution in [2.24, 2.45) is 5.41 Å². The number of ether oxygens (including phenoxy) is 1. The summed E-state index contributed by atoms with van der Waals surface area (Å²) >= 11 is 6.20. The summed E-state index contributed by atoms with van der Waals surface area (Å²) in [4.78, 5) is 26.2. The average Bonchev–Trinajstić information content (AvgIpc) is 2.80. The number of halogens is 2. The second kappa shape index (κ2) is 9.28. The number of nitrogens with one attached hydrogen (secondary N) is 2. The van der Waals surface area contributed by atoms with Crippen molar-refractivity contribution in [3.8, 4) is 11.8 Å². The highest BCUT2D eigenvalue weighted by Crippen LogP contribution is 2.38. The quantitative estimate of drug-likeness (QED) is 0.704. The third-order valence-electron chi connectivity index (χ3n) is 6.13. The van der Waals surface area contributed by atoms with Crippen LogP contribution < -0.4 is 15.4 Å². The van der Waals surface area contributed by atoms with Gasteiger partial charge in [0, 0.05) is 26.1 Å². The fourth-order valence-corrected chi connectivity index (χ4v) is 4.50. The fraction of sp³-hybridized carbons (Fsp3) is 0.375. The first-order valence-electron chi connectivity index (χ1n) is 10.7. The van der Waals surface area contributed by atoms with E-state index in [0.717, 1.165) is 5.56 Å². The van der Waals surface area contributed by atoms with E-state index in [-0.39, 0.29) is 24.2 Å². The van der Waals surface area contributed by atoms with Gasteiger partial charge >= 0.3 is 0 Å². The van der Waals surface area contributed by atoms with Gasteiger partial charge in [0.1, 0.15) is 11.6 Å². The molecule has 1 fully saturated rings. The molecule has 9 heteroatoms. The number of piperidine rings is 1. The Morgan fingerprint density at radius 3 is 2.64 bits per heavy atom. The SMILES string of the molecule is CC(=O)Nc1cc2c(cc1Cl)NCC(C(=O)N1CCC(C#N)(Cc3ccc(F)cc3)CC1)O2. The molecule has 0 radical (unpaired) electrons. The maximum Gasteiger partial charge on any atom is 0.265 e. The summed E-state index contributed by atoms with van der Waals surface area (Å²) < 4.78 is 19.1. The number of carbonyl (C=O) groups excluding carboxylic acids is 2. The number of amides is 2. The van der Waals surface area contributed by atoms with E-state index in [1.54, 1.807) is 29.2 Å². The maximum absolute atomic E-state index is 13.2. The number of benzene rings is 2. The molecule has 7 nitrogen and oxygen atoms in total. The molecule has 33 heavy (non-hydrogen) atoms. The molecule has 4 rings (SSSR count). The van der Waals surface area contributed by atoms with E-state index in [4.69, 9.17) is 16.3 Å². The summed E-state index contributed by atoms with van der Waals surface area (Å²) in [6.45, 7) is 2.56. The molecule has 2 amide bonds. The van der Waals surface area contributed by atoms with Crippen molar-refractivity contribution in [1.29, 1.82) is 5.26 Å². The topological polar surface area (TPSA) is 94.5 Å². The number of carbonyl (C=O) groups is 2. The molecule has 1 saturated heterocycles. The molecule has 172 valence electrons. The Kier molecular flexibility index (Phi) is 6.43. The van der Waals surface area contributed by atoms with Crippen LogP contribution in [-0.4, -0.2) is 42.5 Å². The van der Waals surface area contributed by atoms with E-state index in [2.05, 4.69) is 16.7 Å². The number of likely N-dealkylation sites (tertiary alicyclic amines) is 1. The molecule has 1 unspecified atom stereocenters. The van der Waals surface area contributed by atoms with Crippen LogP contribution in [-0.2, 0) is 16.0 Å². The molecular weight excluding hydrogens is 447 g/mol. The molecule has 2 N–H and O–H groups in total. The Balaban J connectivity index is 1.40. The van der Waals surface area contributed by atoms with E-state index in [1.807, 2.05) is 0 Å². The van der Waals surface area contributed by atoms with Crippen LogP contribution in [0.15, 0.2) is 36.4 Å². The van der Waals surface area contributed by atoms with Crippen LogP contribution in [0.3, 0.4) is 0 Å². The molecular formula is C24H24ClFN4O3. The van der Waals surface area contributed by atoms with Gasteiger partial charge in [-0.2, -0.15) is 5.26 Å². The maximum atomic E-state index is 13.2. The minimum atomic E-state index is -0.726. The number of hydrogen-bond acceptors (Lipinski definition) is 5. The normalized spacial score (nSPS) is 18.8. The average molecular weight is 471 g/mol. The smallest absolute Gasteiger partial charge is 0.265 e. The van der Waals surface area contributed by atoms with Crippen LogP contribution >= 0.6 is 11.6 Å². The highest BCUT2D eigenvalue weighted by Gasteiger charge is 2.39. The minimum Gasteiger partial charge on any atom is -0.476 e. The van der Waals surface area contributed by atoms with Crippen LogP contribution in [0.5, 0.6) is 5.75 Å². The van der Waals surface area contributed by atoms with E-state index in [1.165, 1.54) is 19.1 Å². The second-order valence-electron chi connectivity index (χ2n) is 8.52. The minimum absolute atomic E-state index is 0.155. The lowest BCUT2D eigenvalue weighted by molar-refractivity contribution is -0.140. The molecule has 0 spiro atoms. The summed E-state index contributed by atoms with van der Waals surface area (Å²) in [5, 5.41) is 16.0. The molecule has 2 aromatic rings. The van der Waals surface area contributed by atoms with Crippen molar-refractivity contribution in [2.75, 3.05) is 30.3 Å². The van der Waals surface area contributed by atoms with Gasteiger partial charge in [0.15, 0.2) is 6.10 Å². The number of fused-ring (bicyclic) bond motifs is 1. The van der Waals surface area contributed by atoms with Gasteiger partial charge in [-0.05, 0) is 43.0 Å². The van der Waals surface area contributed by atoms with Gasteiger partial charge in [0.05, 0.1) is 34.4 Å². The van der Waals surface area contributed by atoms with Crippen molar-refractivity contribution in [3.63, 3.8) is 0 Å².